The third kappa shape index (κ3) is 4.82. The van der Waals surface area contributed by atoms with Gasteiger partial charge in [0.15, 0.2) is 5.69 Å². The van der Waals surface area contributed by atoms with Gasteiger partial charge in [0.25, 0.3) is 0 Å². The number of halogens is 1. The van der Waals surface area contributed by atoms with Crippen LogP contribution in [-0.4, -0.2) is 28.3 Å². The highest BCUT2D eigenvalue weighted by Crippen LogP contribution is 2.15. The number of aromatic nitrogens is 2. The number of amides is 1. The van der Waals surface area contributed by atoms with Crippen LogP contribution in [0.5, 0.6) is 0 Å². The summed E-state index contributed by atoms with van der Waals surface area (Å²) in [6.45, 7) is 2.02. The van der Waals surface area contributed by atoms with E-state index in [0.717, 1.165) is 5.69 Å². The van der Waals surface area contributed by atoms with Crippen LogP contribution in [0.1, 0.15) is 29.4 Å². The summed E-state index contributed by atoms with van der Waals surface area (Å²) in [5.74, 6) is -0.972. The Morgan fingerprint density at radius 2 is 1.86 bits per heavy atom. The van der Waals surface area contributed by atoms with Gasteiger partial charge in [-0.2, -0.15) is 5.10 Å². The van der Waals surface area contributed by atoms with Gasteiger partial charge in [-0.15, -0.1) is 0 Å². The minimum absolute atomic E-state index is 0.185. The Morgan fingerprint density at radius 1 is 1.11 bits per heavy atom. The molecule has 0 unspecified atom stereocenters. The number of esters is 1. The van der Waals surface area contributed by atoms with Crippen molar-refractivity contribution in [3.63, 3.8) is 0 Å². The first-order valence-electron chi connectivity index (χ1n) is 8.93. The molecule has 1 aromatic heterocycles. The lowest BCUT2D eigenvalue weighted by atomic mass is 10.1. The van der Waals surface area contributed by atoms with Crippen LogP contribution in [0.3, 0.4) is 0 Å². The molecule has 0 radical (unpaired) electrons. The second-order valence-electron chi connectivity index (χ2n) is 6.05. The molecule has 1 heterocycles. The molecule has 0 fully saturated rings. The van der Waals surface area contributed by atoms with Crippen LogP contribution in [0.15, 0.2) is 60.8 Å². The van der Waals surface area contributed by atoms with E-state index in [0.29, 0.717) is 17.7 Å². The fourth-order valence-electron chi connectivity index (χ4n) is 2.65. The summed E-state index contributed by atoms with van der Waals surface area (Å²) in [6, 6.07) is 15.0. The van der Waals surface area contributed by atoms with Gasteiger partial charge in [0, 0.05) is 18.3 Å². The first kappa shape index (κ1) is 19.3. The van der Waals surface area contributed by atoms with E-state index in [1.807, 2.05) is 0 Å². The Hall–Kier alpha value is -3.48. The van der Waals surface area contributed by atoms with Crippen molar-refractivity contribution in [2.24, 2.45) is 0 Å². The van der Waals surface area contributed by atoms with Crippen LogP contribution >= 0.6 is 0 Å². The molecule has 144 valence electrons. The largest absolute Gasteiger partial charge is 0.461 e. The third-order valence-electron chi connectivity index (χ3n) is 4.07. The van der Waals surface area contributed by atoms with Crippen LogP contribution in [0, 0.1) is 5.82 Å². The molecule has 0 saturated heterocycles. The zero-order chi connectivity index (χ0) is 19.9. The van der Waals surface area contributed by atoms with E-state index in [1.54, 1.807) is 66.3 Å². The number of rotatable bonds is 7. The summed E-state index contributed by atoms with van der Waals surface area (Å²) >= 11 is 0. The van der Waals surface area contributed by atoms with E-state index < -0.39 is 5.97 Å². The number of carbonyl (C=O) groups excluding carboxylic acids is 2. The van der Waals surface area contributed by atoms with E-state index in [2.05, 4.69) is 10.4 Å². The number of nitrogens with one attached hydrogen (secondary N) is 1. The highest BCUT2D eigenvalue weighted by Gasteiger charge is 2.11. The molecule has 0 atom stereocenters. The molecule has 0 aliphatic rings. The fraction of sp³-hybridized carbons (Fsp3) is 0.190. The first-order valence-corrected chi connectivity index (χ1v) is 8.93. The van der Waals surface area contributed by atoms with Crippen LogP contribution in [0.25, 0.3) is 5.69 Å². The highest BCUT2D eigenvalue weighted by atomic mass is 19.1. The summed E-state index contributed by atoms with van der Waals surface area (Å²) in [4.78, 5) is 23.8. The number of aryl methyl sites for hydroxylation is 1. The number of carbonyl (C=O) groups is 2. The molecule has 1 N–H and O–H groups in total. The molecule has 0 aliphatic carbocycles. The number of hydrogen-bond acceptors (Lipinski definition) is 4. The van der Waals surface area contributed by atoms with E-state index >= 15 is 0 Å². The van der Waals surface area contributed by atoms with Crippen LogP contribution < -0.4 is 5.32 Å². The van der Waals surface area contributed by atoms with E-state index in [9.17, 15) is 14.0 Å². The summed E-state index contributed by atoms with van der Waals surface area (Å²) < 4.78 is 20.1. The number of ether oxygens (including phenoxy) is 1. The summed E-state index contributed by atoms with van der Waals surface area (Å²) in [6.07, 6.45) is 2.18. The molecule has 0 aliphatic heterocycles. The molecular weight excluding hydrogens is 361 g/mol. The quantitative estimate of drug-likeness (QED) is 0.633. The Labute approximate surface area is 161 Å². The SMILES string of the molecule is CCOC(=O)c1ccn(-c2ccc(NC(=O)CCc3ccccc3F)cc2)n1. The predicted octanol–water partition coefficient (Wildman–Crippen LogP) is 3.76. The van der Waals surface area contributed by atoms with Gasteiger partial charge in [-0.1, -0.05) is 18.2 Å². The van der Waals surface area contributed by atoms with Crippen molar-refractivity contribution in [1.82, 2.24) is 9.78 Å². The summed E-state index contributed by atoms with van der Waals surface area (Å²) in [5, 5.41) is 6.97. The van der Waals surface area contributed by atoms with Crippen LogP contribution in [-0.2, 0) is 16.0 Å². The maximum atomic E-state index is 13.6. The van der Waals surface area contributed by atoms with Gasteiger partial charge in [-0.25, -0.2) is 13.9 Å². The average molecular weight is 381 g/mol. The molecule has 1 amide bonds. The van der Waals surface area contributed by atoms with Crippen molar-refractivity contribution in [2.45, 2.75) is 19.8 Å². The van der Waals surface area contributed by atoms with Crippen LogP contribution in [0.4, 0.5) is 10.1 Å². The van der Waals surface area contributed by atoms with Gasteiger partial charge >= 0.3 is 5.97 Å². The smallest absolute Gasteiger partial charge is 0.358 e. The van der Waals surface area contributed by atoms with Gasteiger partial charge in [-0.05, 0) is 55.3 Å². The van der Waals surface area contributed by atoms with Gasteiger partial charge in [0.1, 0.15) is 5.82 Å². The summed E-state index contributed by atoms with van der Waals surface area (Å²) in [5.41, 5.74) is 2.11. The lowest BCUT2D eigenvalue weighted by Crippen LogP contribution is -2.12. The zero-order valence-electron chi connectivity index (χ0n) is 15.4. The maximum absolute atomic E-state index is 13.6. The number of nitrogens with zero attached hydrogens (tertiary/aromatic N) is 2. The van der Waals surface area contributed by atoms with E-state index in [1.165, 1.54) is 6.07 Å². The average Bonchev–Trinajstić information content (AvgIpc) is 3.18. The highest BCUT2D eigenvalue weighted by molar-refractivity contribution is 5.91. The first-order chi connectivity index (χ1) is 13.6. The van der Waals surface area contributed by atoms with Crippen molar-refractivity contribution < 1.29 is 18.7 Å². The van der Waals surface area contributed by atoms with E-state index in [4.69, 9.17) is 4.74 Å². The molecule has 3 rings (SSSR count). The fourth-order valence-corrected chi connectivity index (χ4v) is 2.65. The Bertz CT molecular complexity index is 967. The summed E-state index contributed by atoms with van der Waals surface area (Å²) in [7, 11) is 0. The lowest BCUT2D eigenvalue weighted by Gasteiger charge is -2.07. The molecule has 2 aromatic carbocycles. The zero-order valence-corrected chi connectivity index (χ0v) is 15.4. The van der Waals surface area contributed by atoms with Crippen molar-refractivity contribution in [3.8, 4) is 5.69 Å². The second-order valence-corrected chi connectivity index (χ2v) is 6.05. The van der Waals surface area contributed by atoms with Crippen LogP contribution in [0.2, 0.25) is 0 Å². The third-order valence-corrected chi connectivity index (χ3v) is 4.07. The Kier molecular flexibility index (Phi) is 6.16. The van der Waals surface area contributed by atoms with Crippen molar-refractivity contribution in [1.29, 1.82) is 0 Å². The monoisotopic (exact) mass is 381 g/mol. The number of anilines is 1. The molecule has 0 spiro atoms. The molecule has 3 aromatic rings. The lowest BCUT2D eigenvalue weighted by molar-refractivity contribution is -0.116. The van der Waals surface area contributed by atoms with Gasteiger partial charge < -0.3 is 10.1 Å². The minimum Gasteiger partial charge on any atom is -0.461 e. The van der Waals surface area contributed by atoms with Gasteiger partial charge in [0.2, 0.25) is 5.91 Å². The normalized spacial score (nSPS) is 10.5. The molecule has 7 heteroatoms. The topological polar surface area (TPSA) is 73.2 Å². The predicted molar refractivity (Wildman–Crippen MR) is 103 cm³/mol. The standard InChI is InChI=1S/C21H20FN3O3/c1-2-28-21(27)19-13-14-25(24-19)17-10-8-16(9-11-17)23-20(26)12-7-15-5-3-4-6-18(15)22/h3-6,8-11,13-14H,2,7,12H2,1H3,(H,23,26). The van der Waals surface area contributed by atoms with Gasteiger partial charge in [-0.3, -0.25) is 4.79 Å². The Balaban J connectivity index is 1.57. The van der Waals surface area contributed by atoms with Crippen molar-refractivity contribution >= 4 is 17.6 Å². The Morgan fingerprint density at radius 3 is 2.57 bits per heavy atom. The molecule has 6 nitrogen and oxygen atoms in total. The number of benzene rings is 2. The minimum atomic E-state index is -0.472. The number of hydrogen-bond donors (Lipinski definition) is 1. The maximum Gasteiger partial charge on any atom is 0.358 e. The molecule has 28 heavy (non-hydrogen) atoms. The van der Waals surface area contributed by atoms with Crippen molar-refractivity contribution in [2.75, 3.05) is 11.9 Å². The van der Waals surface area contributed by atoms with Crippen molar-refractivity contribution in [3.05, 3.63) is 77.9 Å². The van der Waals surface area contributed by atoms with E-state index in [-0.39, 0.29) is 30.4 Å². The molecule has 0 saturated carbocycles. The molecular formula is C21H20FN3O3. The van der Waals surface area contributed by atoms with Gasteiger partial charge in [0.05, 0.1) is 12.3 Å². The molecule has 0 bridgehead atoms. The second kappa shape index (κ2) is 8.94.